The Labute approximate surface area is 105 Å². The third-order valence-electron chi connectivity index (χ3n) is 2.78. The topological polar surface area (TPSA) is 26.0 Å². The molecule has 2 rings (SSSR count). The monoisotopic (exact) mass is 251 g/mol. The fourth-order valence-electron chi connectivity index (χ4n) is 1.76. The summed E-state index contributed by atoms with van der Waals surface area (Å²) in [5.74, 6) is 0. The van der Waals surface area contributed by atoms with Crippen LogP contribution < -0.4 is 5.73 Å². The average molecular weight is 252 g/mol. The van der Waals surface area contributed by atoms with E-state index in [1.807, 2.05) is 19.1 Å². The van der Waals surface area contributed by atoms with E-state index in [0.717, 1.165) is 16.1 Å². The van der Waals surface area contributed by atoms with Crippen LogP contribution in [0.5, 0.6) is 0 Å². The van der Waals surface area contributed by atoms with Gasteiger partial charge in [0.05, 0.1) is 6.04 Å². The molecular weight excluding hydrogens is 238 g/mol. The van der Waals surface area contributed by atoms with Gasteiger partial charge in [-0.1, -0.05) is 23.7 Å². The third-order valence-corrected chi connectivity index (χ3v) is 4.06. The van der Waals surface area contributed by atoms with Gasteiger partial charge in [-0.05, 0) is 48.1 Å². The minimum absolute atomic E-state index is 0.0535. The fraction of sp³-hybridized carbons (Fsp3) is 0.231. The lowest BCUT2D eigenvalue weighted by Gasteiger charge is -2.13. The Bertz CT molecular complexity index is 504. The molecule has 16 heavy (non-hydrogen) atoms. The molecule has 0 amide bonds. The lowest BCUT2D eigenvalue weighted by Crippen LogP contribution is -2.12. The second kappa shape index (κ2) is 4.58. The van der Waals surface area contributed by atoms with Crippen molar-refractivity contribution in [3.63, 3.8) is 0 Å². The number of nitrogens with two attached hydrogens (primary N) is 1. The van der Waals surface area contributed by atoms with Crippen molar-refractivity contribution >= 4 is 22.9 Å². The highest BCUT2D eigenvalue weighted by molar-refractivity contribution is 7.10. The van der Waals surface area contributed by atoms with Crippen molar-refractivity contribution in [2.45, 2.75) is 19.9 Å². The van der Waals surface area contributed by atoms with Gasteiger partial charge in [0.1, 0.15) is 0 Å². The Hall–Kier alpha value is -0.830. The molecule has 1 nitrogen and oxygen atoms in total. The van der Waals surface area contributed by atoms with E-state index in [1.54, 1.807) is 11.3 Å². The first-order chi connectivity index (χ1) is 7.59. The van der Waals surface area contributed by atoms with Crippen molar-refractivity contribution in [3.8, 4) is 0 Å². The maximum absolute atomic E-state index is 6.24. The summed E-state index contributed by atoms with van der Waals surface area (Å²) in [7, 11) is 0. The second-order valence-electron chi connectivity index (χ2n) is 3.92. The zero-order valence-electron chi connectivity index (χ0n) is 9.33. The molecule has 0 aliphatic rings. The highest BCUT2D eigenvalue weighted by Crippen LogP contribution is 2.28. The van der Waals surface area contributed by atoms with Gasteiger partial charge in [0.15, 0.2) is 0 Å². The molecule has 0 spiro atoms. The van der Waals surface area contributed by atoms with E-state index >= 15 is 0 Å². The van der Waals surface area contributed by atoms with Crippen LogP contribution in [0.15, 0.2) is 29.6 Å². The number of halogens is 1. The van der Waals surface area contributed by atoms with Crippen molar-refractivity contribution < 1.29 is 0 Å². The number of rotatable bonds is 2. The summed E-state index contributed by atoms with van der Waals surface area (Å²) in [6.45, 7) is 4.10. The van der Waals surface area contributed by atoms with E-state index in [9.17, 15) is 0 Å². The number of aryl methyl sites for hydroxylation is 2. The molecule has 1 aromatic carbocycles. The van der Waals surface area contributed by atoms with Crippen molar-refractivity contribution in [1.82, 2.24) is 0 Å². The molecule has 84 valence electrons. The molecule has 0 fully saturated rings. The first-order valence-electron chi connectivity index (χ1n) is 5.15. The van der Waals surface area contributed by atoms with E-state index < -0.39 is 0 Å². The average Bonchev–Trinajstić information content (AvgIpc) is 2.67. The maximum atomic E-state index is 6.24. The molecule has 0 saturated heterocycles. The SMILES string of the molecule is Cc1cc(C(N)c2ccsc2C)ccc1Cl. The van der Waals surface area contributed by atoms with Crippen LogP contribution in [0.1, 0.15) is 27.6 Å². The summed E-state index contributed by atoms with van der Waals surface area (Å²) in [5.41, 5.74) is 9.63. The Morgan fingerprint density at radius 3 is 2.56 bits per heavy atom. The van der Waals surface area contributed by atoms with Gasteiger partial charge < -0.3 is 5.73 Å². The van der Waals surface area contributed by atoms with Crippen LogP contribution in [0.25, 0.3) is 0 Å². The summed E-state index contributed by atoms with van der Waals surface area (Å²) >= 11 is 7.73. The minimum Gasteiger partial charge on any atom is -0.320 e. The molecular formula is C13H14ClNS. The number of hydrogen-bond donors (Lipinski definition) is 1. The Morgan fingerprint density at radius 2 is 2.00 bits per heavy atom. The van der Waals surface area contributed by atoms with Gasteiger partial charge >= 0.3 is 0 Å². The lowest BCUT2D eigenvalue weighted by atomic mass is 9.99. The lowest BCUT2D eigenvalue weighted by molar-refractivity contribution is 0.868. The van der Waals surface area contributed by atoms with Crippen LogP contribution in [0, 0.1) is 13.8 Å². The molecule has 2 aromatic rings. The van der Waals surface area contributed by atoms with Crippen molar-refractivity contribution in [2.24, 2.45) is 5.73 Å². The van der Waals surface area contributed by atoms with Gasteiger partial charge in [-0.2, -0.15) is 0 Å². The predicted octanol–water partition coefficient (Wildman–Crippen LogP) is 4.07. The van der Waals surface area contributed by atoms with Crippen molar-refractivity contribution in [2.75, 3.05) is 0 Å². The number of hydrogen-bond acceptors (Lipinski definition) is 2. The summed E-state index contributed by atoms with van der Waals surface area (Å²) < 4.78 is 0. The van der Waals surface area contributed by atoms with Gasteiger partial charge in [0, 0.05) is 9.90 Å². The molecule has 0 saturated carbocycles. The van der Waals surface area contributed by atoms with Gasteiger partial charge in [0.25, 0.3) is 0 Å². The predicted molar refractivity (Wildman–Crippen MR) is 71.3 cm³/mol. The zero-order valence-corrected chi connectivity index (χ0v) is 10.9. The molecule has 0 aliphatic carbocycles. The minimum atomic E-state index is -0.0535. The third kappa shape index (κ3) is 2.14. The molecule has 0 radical (unpaired) electrons. The van der Waals surface area contributed by atoms with E-state index in [1.165, 1.54) is 10.4 Å². The quantitative estimate of drug-likeness (QED) is 0.856. The molecule has 3 heteroatoms. The molecule has 1 unspecified atom stereocenters. The van der Waals surface area contributed by atoms with Gasteiger partial charge in [-0.3, -0.25) is 0 Å². The second-order valence-corrected chi connectivity index (χ2v) is 5.45. The van der Waals surface area contributed by atoms with E-state index in [0.29, 0.717) is 0 Å². The molecule has 0 aliphatic heterocycles. The number of benzene rings is 1. The normalized spacial score (nSPS) is 12.8. The smallest absolute Gasteiger partial charge is 0.0562 e. The molecule has 1 heterocycles. The molecule has 0 bridgehead atoms. The molecule has 1 aromatic heterocycles. The first kappa shape index (κ1) is 11.6. The largest absolute Gasteiger partial charge is 0.320 e. The van der Waals surface area contributed by atoms with Gasteiger partial charge in [-0.15, -0.1) is 11.3 Å². The van der Waals surface area contributed by atoms with Crippen LogP contribution in [0.3, 0.4) is 0 Å². The van der Waals surface area contributed by atoms with Crippen LogP contribution in [-0.4, -0.2) is 0 Å². The summed E-state index contributed by atoms with van der Waals surface area (Å²) in [6, 6.07) is 8.01. The van der Waals surface area contributed by atoms with Crippen molar-refractivity contribution in [3.05, 3.63) is 56.2 Å². The summed E-state index contributed by atoms with van der Waals surface area (Å²) in [4.78, 5) is 1.28. The maximum Gasteiger partial charge on any atom is 0.0562 e. The van der Waals surface area contributed by atoms with Gasteiger partial charge in [0.2, 0.25) is 0 Å². The number of thiophene rings is 1. The standard InChI is InChI=1S/C13H14ClNS/c1-8-7-10(3-4-12(8)14)13(15)11-5-6-16-9(11)2/h3-7,13H,15H2,1-2H3. The van der Waals surface area contributed by atoms with Crippen LogP contribution in [0.4, 0.5) is 0 Å². The van der Waals surface area contributed by atoms with E-state index in [2.05, 4.69) is 24.4 Å². The zero-order chi connectivity index (χ0) is 11.7. The van der Waals surface area contributed by atoms with Crippen LogP contribution in [0.2, 0.25) is 5.02 Å². The fourth-order valence-corrected chi connectivity index (χ4v) is 2.63. The van der Waals surface area contributed by atoms with Crippen LogP contribution >= 0.6 is 22.9 Å². The molecule has 2 N–H and O–H groups in total. The van der Waals surface area contributed by atoms with Crippen LogP contribution in [-0.2, 0) is 0 Å². The Kier molecular flexibility index (Phi) is 3.33. The van der Waals surface area contributed by atoms with Crippen molar-refractivity contribution in [1.29, 1.82) is 0 Å². The highest BCUT2D eigenvalue weighted by Gasteiger charge is 2.12. The first-order valence-corrected chi connectivity index (χ1v) is 6.41. The molecule has 1 atom stereocenters. The van der Waals surface area contributed by atoms with E-state index in [-0.39, 0.29) is 6.04 Å². The highest BCUT2D eigenvalue weighted by atomic mass is 35.5. The van der Waals surface area contributed by atoms with E-state index in [4.69, 9.17) is 17.3 Å². The van der Waals surface area contributed by atoms with Gasteiger partial charge in [-0.25, -0.2) is 0 Å². The summed E-state index contributed by atoms with van der Waals surface area (Å²) in [5, 5.41) is 2.87. The summed E-state index contributed by atoms with van der Waals surface area (Å²) in [6.07, 6.45) is 0. The Morgan fingerprint density at radius 1 is 1.25 bits per heavy atom. The Balaban J connectivity index is 2.38.